The molecule has 0 fully saturated rings. The van der Waals surface area contributed by atoms with Gasteiger partial charge in [-0.05, 0) is 89.8 Å². The Hall–Kier alpha value is -6.94. The summed E-state index contributed by atoms with van der Waals surface area (Å²) in [7, 11) is -2.11. The molecule has 0 amide bonds. The lowest BCUT2D eigenvalue weighted by molar-refractivity contribution is 1.20. The van der Waals surface area contributed by atoms with E-state index in [0.717, 1.165) is 39.5 Å². The van der Waals surface area contributed by atoms with Crippen LogP contribution in [0.25, 0.3) is 89.5 Å². The summed E-state index contributed by atoms with van der Waals surface area (Å²) >= 11 is 0. The zero-order valence-electron chi connectivity index (χ0n) is 32.0. The highest BCUT2D eigenvalue weighted by atomic mass is 28.3. The molecule has 0 atom stereocenters. The fourth-order valence-electron chi connectivity index (χ4n) is 8.49. The minimum absolute atomic E-state index is 0.749. The van der Waals surface area contributed by atoms with Crippen molar-refractivity contribution in [3.8, 4) is 89.5 Å². The summed E-state index contributed by atoms with van der Waals surface area (Å²) in [6, 6.07) is 74.1. The van der Waals surface area contributed by atoms with Crippen molar-refractivity contribution in [1.29, 1.82) is 0 Å². The van der Waals surface area contributed by atoms with Crippen molar-refractivity contribution in [2.45, 2.75) is 13.1 Å². The first-order valence-corrected chi connectivity index (χ1v) is 22.6. The topological polar surface area (TPSA) is 25.8 Å². The van der Waals surface area contributed by atoms with Gasteiger partial charge in [-0.2, -0.15) is 0 Å². The average Bonchev–Trinajstić information content (AvgIpc) is 3.52. The van der Waals surface area contributed by atoms with Gasteiger partial charge in [0, 0.05) is 11.1 Å². The van der Waals surface area contributed by atoms with Crippen LogP contribution in [-0.4, -0.2) is 18.0 Å². The third kappa shape index (κ3) is 6.42. The molecule has 57 heavy (non-hydrogen) atoms. The van der Waals surface area contributed by atoms with Crippen LogP contribution in [0.15, 0.2) is 206 Å². The van der Waals surface area contributed by atoms with E-state index in [1.54, 1.807) is 0 Å². The predicted molar refractivity (Wildman–Crippen MR) is 242 cm³/mol. The van der Waals surface area contributed by atoms with Gasteiger partial charge in [0.1, 0.15) is 8.07 Å². The maximum atomic E-state index is 5.48. The molecule has 3 heteroatoms. The van der Waals surface area contributed by atoms with Crippen LogP contribution in [-0.2, 0) is 0 Å². The van der Waals surface area contributed by atoms with Gasteiger partial charge < -0.3 is 0 Å². The van der Waals surface area contributed by atoms with E-state index in [-0.39, 0.29) is 0 Å². The van der Waals surface area contributed by atoms with E-state index in [2.05, 4.69) is 219 Å². The molecule has 9 aromatic rings. The average molecular weight is 745 g/mol. The molecule has 2 heterocycles. The van der Waals surface area contributed by atoms with Gasteiger partial charge in [-0.3, -0.25) is 0 Å². The number of rotatable bonds is 7. The second-order valence-electron chi connectivity index (χ2n) is 15.4. The Morgan fingerprint density at radius 1 is 0.298 bits per heavy atom. The van der Waals surface area contributed by atoms with E-state index in [1.165, 1.54) is 60.4 Å². The molecule has 1 aliphatic rings. The quantitative estimate of drug-likeness (QED) is 0.152. The van der Waals surface area contributed by atoms with Crippen LogP contribution in [0.4, 0.5) is 0 Å². The number of nitrogens with zero attached hydrogens (tertiary/aromatic N) is 2. The molecule has 0 unspecified atom stereocenters. The highest BCUT2D eigenvalue weighted by molar-refractivity contribution is 7.04. The molecule has 0 radical (unpaired) electrons. The molecule has 0 spiro atoms. The third-order valence-corrected chi connectivity index (χ3v) is 15.0. The Morgan fingerprint density at radius 2 is 0.649 bits per heavy atom. The molecule has 0 saturated heterocycles. The van der Waals surface area contributed by atoms with Crippen LogP contribution in [0.2, 0.25) is 13.1 Å². The standard InChI is InChI=1S/C54H40N2Si/c1-57(2)50-25-10-9-24-49(50)52-53(57)51(42-32-30-41(31-33-42)44-19-11-18-43(34-44)38-16-7-4-8-17-38)55-54(56-52)48-23-13-22-47(36-48)46-21-12-20-45(35-46)40-28-26-39(27-29-40)37-14-5-3-6-15-37/h3-36H,1-2H3. The molecule has 1 aromatic heterocycles. The minimum atomic E-state index is -2.11. The Morgan fingerprint density at radius 3 is 1.19 bits per heavy atom. The van der Waals surface area contributed by atoms with Crippen molar-refractivity contribution in [2.24, 2.45) is 0 Å². The van der Waals surface area contributed by atoms with Crippen molar-refractivity contribution >= 4 is 18.4 Å². The lowest BCUT2D eigenvalue weighted by Crippen LogP contribution is -2.50. The highest BCUT2D eigenvalue weighted by Gasteiger charge is 2.41. The molecule has 10 rings (SSSR count). The van der Waals surface area contributed by atoms with Gasteiger partial charge in [-0.1, -0.05) is 201 Å². The number of hydrogen-bond donors (Lipinski definition) is 0. The van der Waals surface area contributed by atoms with Crippen molar-refractivity contribution in [2.75, 3.05) is 0 Å². The molecular weight excluding hydrogens is 705 g/mol. The van der Waals surface area contributed by atoms with Crippen LogP contribution in [0.5, 0.6) is 0 Å². The number of aromatic nitrogens is 2. The maximum absolute atomic E-state index is 5.48. The van der Waals surface area contributed by atoms with Gasteiger partial charge >= 0.3 is 0 Å². The summed E-state index contributed by atoms with van der Waals surface area (Å²) in [4.78, 5) is 10.9. The van der Waals surface area contributed by atoms with E-state index < -0.39 is 8.07 Å². The molecule has 270 valence electrons. The van der Waals surface area contributed by atoms with Crippen molar-refractivity contribution in [3.05, 3.63) is 206 Å². The highest BCUT2D eigenvalue weighted by Crippen LogP contribution is 2.36. The van der Waals surface area contributed by atoms with Gasteiger partial charge in [-0.15, -0.1) is 0 Å². The smallest absolute Gasteiger partial charge is 0.160 e. The van der Waals surface area contributed by atoms with Gasteiger partial charge in [0.15, 0.2) is 5.82 Å². The van der Waals surface area contributed by atoms with Crippen LogP contribution >= 0.6 is 0 Å². The van der Waals surface area contributed by atoms with Crippen molar-refractivity contribution in [3.63, 3.8) is 0 Å². The van der Waals surface area contributed by atoms with Gasteiger partial charge in [0.25, 0.3) is 0 Å². The van der Waals surface area contributed by atoms with E-state index in [0.29, 0.717) is 0 Å². The van der Waals surface area contributed by atoms with Crippen molar-refractivity contribution < 1.29 is 0 Å². The van der Waals surface area contributed by atoms with Crippen LogP contribution in [0.3, 0.4) is 0 Å². The van der Waals surface area contributed by atoms with Crippen LogP contribution in [0, 0.1) is 0 Å². The minimum Gasteiger partial charge on any atom is -0.228 e. The first-order chi connectivity index (χ1) is 28.0. The first-order valence-electron chi connectivity index (χ1n) is 19.6. The fraction of sp³-hybridized carbons (Fsp3) is 0.0370. The molecule has 0 aliphatic carbocycles. The molecule has 1 aliphatic heterocycles. The number of benzene rings is 8. The Kier molecular flexibility index (Phi) is 8.66. The van der Waals surface area contributed by atoms with E-state index in [9.17, 15) is 0 Å². The Balaban J connectivity index is 1.03. The monoisotopic (exact) mass is 744 g/mol. The van der Waals surface area contributed by atoms with Gasteiger partial charge in [-0.25, -0.2) is 9.97 Å². The first kappa shape index (κ1) is 34.5. The molecule has 2 nitrogen and oxygen atoms in total. The van der Waals surface area contributed by atoms with Crippen molar-refractivity contribution in [1.82, 2.24) is 9.97 Å². The lowest BCUT2D eigenvalue weighted by Gasteiger charge is -2.22. The molecule has 8 aromatic carbocycles. The SMILES string of the molecule is C[Si]1(C)c2ccccc2-c2nc(-c3cccc(-c4cccc(-c5ccc(-c6ccccc6)cc5)c4)c3)nc(-c3ccc(-c4cccc(-c5ccccc5)c4)cc3)c21. The summed E-state index contributed by atoms with van der Waals surface area (Å²) in [5.41, 5.74) is 17.4. The second-order valence-corrected chi connectivity index (χ2v) is 19.7. The lowest BCUT2D eigenvalue weighted by atomic mass is 9.96. The van der Waals surface area contributed by atoms with Gasteiger partial charge in [0.2, 0.25) is 0 Å². The van der Waals surface area contributed by atoms with Crippen LogP contribution in [0.1, 0.15) is 0 Å². The predicted octanol–water partition coefficient (Wildman–Crippen LogP) is 12.9. The summed E-state index contributed by atoms with van der Waals surface area (Å²) in [6.07, 6.45) is 0. The van der Waals surface area contributed by atoms with Gasteiger partial charge in [0.05, 0.1) is 11.4 Å². The van der Waals surface area contributed by atoms with E-state index in [1.807, 2.05) is 0 Å². The number of fused-ring (bicyclic) bond motifs is 3. The summed E-state index contributed by atoms with van der Waals surface area (Å²) in [5, 5.41) is 2.73. The molecular formula is C54H40N2Si. The fourth-order valence-corrected chi connectivity index (χ4v) is 11.7. The third-order valence-electron chi connectivity index (χ3n) is 11.5. The summed E-state index contributed by atoms with van der Waals surface area (Å²) in [6.45, 7) is 4.88. The van der Waals surface area contributed by atoms with Crippen LogP contribution < -0.4 is 10.4 Å². The molecule has 0 saturated carbocycles. The second kappa shape index (κ2) is 14.3. The number of hydrogen-bond acceptors (Lipinski definition) is 2. The van der Waals surface area contributed by atoms with E-state index >= 15 is 0 Å². The van der Waals surface area contributed by atoms with E-state index in [4.69, 9.17) is 9.97 Å². The summed E-state index contributed by atoms with van der Waals surface area (Å²) < 4.78 is 0. The maximum Gasteiger partial charge on any atom is 0.160 e. The Labute approximate surface area is 335 Å². The molecule has 0 bridgehead atoms. The normalized spacial score (nSPS) is 12.5. The molecule has 0 N–H and O–H groups in total. The largest absolute Gasteiger partial charge is 0.228 e. The zero-order chi connectivity index (χ0) is 38.3. The summed E-state index contributed by atoms with van der Waals surface area (Å²) in [5.74, 6) is 0.749. The Bertz CT molecular complexity index is 2900. The zero-order valence-corrected chi connectivity index (χ0v) is 33.0.